The highest BCUT2D eigenvalue weighted by atomic mass is 16.5. The van der Waals surface area contributed by atoms with Crippen molar-refractivity contribution >= 4 is 27.6 Å². The average Bonchev–Trinajstić information content (AvgIpc) is 3.14. The number of ether oxygens (including phenoxy) is 1. The molecular weight excluding hydrogens is 348 g/mol. The predicted octanol–water partition coefficient (Wildman–Crippen LogP) is 4.85. The topological polar surface area (TPSA) is 34.5 Å². The number of aromatic nitrogens is 1. The summed E-state index contributed by atoms with van der Waals surface area (Å²) >= 11 is 0. The molecule has 1 heterocycles. The van der Waals surface area contributed by atoms with Gasteiger partial charge in [0.2, 0.25) is 5.91 Å². The number of carbonyl (C=O) groups is 1. The number of hydrogen-bond donors (Lipinski definition) is 0. The predicted molar refractivity (Wildman–Crippen MR) is 114 cm³/mol. The van der Waals surface area contributed by atoms with Crippen LogP contribution in [0.15, 0.2) is 72.9 Å². The number of hydrogen-bond acceptors (Lipinski definition) is 2. The van der Waals surface area contributed by atoms with Gasteiger partial charge in [-0.25, -0.2) is 0 Å². The zero-order valence-electron chi connectivity index (χ0n) is 16.3. The summed E-state index contributed by atoms with van der Waals surface area (Å²) < 4.78 is 7.42. The Morgan fingerprint density at radius 1 is 0.964 bits per heavy atom. The van der Waals surface area contributed by atoms with Crippen LogP contribution in [0.2, 0.25) is 0 Å². The fourth-order valence-corrected chi connectivity index (χ4v) is 3.60. The Balaban J connectivity index is 1.40. The number of fused-ring (bicyclic) bond motifs is 2. The molecule has 0 radical (unpaired) electrons. The van der Waals surface area contributed by atoms with Crippen LogP contribution in [0.3, 0.4) is 0 Å². The van der Waals surface area contributed by atoms with E-state index in [4.69, 9.17) is 4.74 Å². The van der Waals surface area contributed by atoms with Gasteiger partial charge in [-0.05, 0) is 52.1 Å². The Morgan fingerprint density at radius 2 is 1.75 bits per heavy atom. The third-order valence-corrected chi connectivity index (χ3v) is 5.20. The van der Waals surface area contributed by atoms with Crippen molar-refractivity contribution in [1.29, 1.82) is 0 Å². The second-order valence-corrected chi connectivity index (χ2v) is 7.12. The van der Waals surface area contributed by atoms with Crippen LogP contribution < -0.4 is 4.74 Å². The molecule has 4 rings (SSSR count). The van der Waals surface area contributed by atoms with Gasteiger partial charge in [-0.15, -0.1) is 0 Å². The molecule has 0 aliphatic heterocycles. The van der Waals surface area contributed by atoms with E-state index in [2.05, 4.69) is 53.2 Å². The molecule has 0 saturated carbocycles. The molecule has 142 valence electrons. The van der Waals surface area contributed by atoms with E-state index in [1.807, 2.05) is 31.3 Å². The largest absolute Gasteiger partial charge is 0.497 e. The number of para-hydroxylation sites is 1. The molecular formula is C24H24N2O2. The highest BCUT2D eigenvalue weighted by Gasteiger charge is 2.11. The standard InChI is InChI=1S/C24H24N2O2/c1-25(17-18-7-8-21-16-22(28-2)10-9-20(21)15-18)24(27)12-14-26-13-11-19-5-3-4-6-23(19)26/h3-11,13,15-16H,12,14,17H2,1-2H3. The summed E-state index contributed by atoms with van der Waals surface area (Å²) in [5.41, 5.74) is 2.29. The number of carbonyl (C=O) groups excluding carboxylic acids is 1. The summed E-state index contributed by atoms with van der Waals surface area (Å²) in [6.07, 6.45) is 2.54. The van der Waals surface area contributed by atoms with Crippen molar-refractivity contribution in [2.75, 3.05) is 14.2 Å². The van der Waals surface area contributed by atoms with Crippen molar-refractivity contribution in [2.45, 2.75) is 19.5 Å². The van der Waals surface area contributed by atoms with E-state index in [1.54, 1.807) is 12.0 Å². The summed E-state index contributed by atoms with van der Waals surface area (Å²) in [5, 5.41) is 3.49. The molecule has 0 N–H and O–H groups in total. The van der Waals surface area contributed by atoms with Crippen LogP contribution in [0, 0.1) is 0 Å². The van der Waals surface area contributed by atoms with Gasteiger partial charge >= 0.3 is 0 Å². The smallest absolute Gasteiger partial charge is 0.224 e. The first-order valence-electron chi connectivity index (χ1n) is 9.48. The number of rotatable bonds is 6. The van der Waals surface area contributed by atoms with Crippen molar-refractivity contribution in [1.82, 2.24) is 9.47 Å². The maximum Gasteiger partial charge on any atom is 0.224 e. The summed E-state index contributed by atoms with van der Waals surface area (Å²) in [6, 6.07) is 22.7. The van der Waals surface area contributed by atoms with Gasteiger partial charge in [0.1, 0.15) is 5.75 Å². The molecule has 3 aromatic carbocycles. The monoisotopic (exact) mass is 372 g/mol. The van der Waals surface area contributed by atoms with E-state index in [0.29, 0.717) is 19.5 Å². The third kappa shape index (κ3) is 3.72. The highest BCUT2D eigenvalue weighted by Crippen LogP contribution is 2.22. The van der Waals surface area contributed by atoms with Crippen LogP contribution in [-0.4, -0.2) is 29.5 Å². The Bertz CT molecular complexity index is 1130. The molecule has 28 heavy (non-hydrogen) atoms. The maximum atomic E-state index is 12.6. The number of aryl methyl sites for hydroxylation is 1. The van der Waals surface area contributed by atoms with E-state index in [-0.39, 0.29) is 5.91 Å². The fourth-order valence-electron chi connectivity index (χ4n) is 3.60. The van der Waals surface area contributed by atoms with Crippen molar-refractivity contribution in [3.63, 3.8) is 0 Å². The lowest BCUT2D eigenvalue weighted by molar-refractivity contribution is -0.130. The molecule has 0 bridgehead atoms. The van der Waals surface area contributed by atoms with Crippen LogP contribution in [0.5, 0.6) is 5.75 Å². The zero-order chi connectivity index (χ0) is 19.5. The zero-order valence-corrected chi connectivity index (χ0v) is 16.3. The minimum Gasteiger partial charge on any atom is -0.497 e. The fraction of sp³-hybridized carbons (Fsp3) is 0.208. The van der Waals surface area contributed by atoms with Gasteiger partial charge in [0.15, 0.2) is 0 Å². The first-order valence-corrected chi connectivity index (χ1v) is 9.48. The van der Waals surface area contributed by atoms with Crippen molar-refractivity contribution in [3.05, 3.63) is 78.5 Å². The maximum absolute atomic E-state index is 12.6. The summed E-state index contributed by atoms with van der Waals surface area (Å²) in [5.74, 6) is 0.998. The number of nitrogens with zero attached hydrogens (tertiary/aromatic N) is 2. The van der Waals surface area contributed by atoms with Crippen LogP contribution >= 0.6 is 0 Å². The molecule has 0 spiro atoms. The lowest BCUT2D eigenvalue weighted by atomic mass is 10.1. The van der Waals surface area contributed by atoms with E-state index < -0.39 is 0 Å². The number of amides is 1. The van der Waals surface area contributed by atoms with Gasteiger partial charge < -0.3 is 14.2 Å². The molecule has 0 atom stereocenters. The minimum absolute atomic E-state index is 0.146. The van der Waals surface area contributed by atoms with Crippen LogP contribution in [0.4, 0.5) is 0 Å². The average molecular weight is 372 g/mol. The van der Waals surface area contributed by atoms with Crippen molar-refractivity contribution in [2.24, 2.45) is 0 Å². The lowest BCUT2D eigenvalue weighted by Gasteiger charge is -2.18. The molecule has 0 saturated heterocycles. The van der Waals surface area contributed by atoms with Crippen LogP contribution in [-0.2, 0) is 17.9 Å². The molecule has 0 fully saturated rings. The number of benzene rings is 3. The van der Waals surface area contributed by atoms with Gasteiger partial charge in [-0.3, -0.25) is 4.79 Å². The first kappa shape index (κ1) is 18.1. The summed E-state index contributed by atoms with van der Waals surface area (Å²) in [6.45, 7) is 1.29. The highest BCUT2D eigenvalue weighted by molar-refractivity contribution is 5.85. The van der Waals surface area contributed by atoms with Gasteiger partial charge in [0.25, 0.3) is 0 Å². The quantitative estimate of drug-likeness (QED) is 0.485. The normalized spacial score (nSPS) is 11.1. The molecule has 0 aliphatic carbocycles. The molecule has 0 aliphatic rings. The van der Waals surface area contributed by atoms with Crippen molar-refractivity contribution < 1.29 is 9.53 Å². The molecule has 1 aromatic heterocycles. The first-order chi connectivity index (χ1) is 13.6. The van der Waals surface area contributed by atoms with Crippen LogP contribution in [0.25, 0.3) is 21.7 Å². The Labute approximate surface area is 164 Å². The molecule has 4 aromatic rings. The Kier molecular flexibility index (Phi) is 5.02. The van der Waals surface area contributed by atoms with E-state index in [9.17, 15) is 4.79 Å². The van der Waals surface area contributed by atoms with Gasteiger partial charge in [0.05, 0.1) is 7.11 Å². The van der Waals surface area contributed by atoms with E-state index in [1.165, 1.54) is 10.9 Å². The molecule has 0 unspecified atom stereocenters. The Morgan fingerprint density at radius 3 is 2.61 bits per heavy atom. The summed E-state index contributed by atoms with van der Waals surface area (Å²) in [4.78, 5) is 14.4. The van der Waals surface area contributed by atoms with E-state index in [0.717, 1.165) is 22.1 Å². The minimum atomic E-state index is 0.146. The third-order valence-electron chi connectivity index (χ3n) is 5.20. The molecule has 4 heteroatoms. The Hall–Kier alpha value is -3.27. The molecule has 4 nitrogen and oxygen atoms in total. The van der Waals surface area contributed by atoms with Crippen LogP contribution in [0.1, 0.15) is 12.0 Å². The van der Waals surface area contributed by atoms with E-state index >= 15 is 0 Å². The van der Waals surface area contributed by atoms with Gasteiger partial charge in [0, 0.05) is 38.3 Å². The van der Waals surface area contributed by atoms with Gasteiger partial charge in [-0.2, -0.15) is 0 Å². The second-order valence-electron chi connectivity index (χ2n) is 7.12. The SMILES string of the molecule is COc1ccc2cc(CN(C)C(=O)CCn3ccc4ccccc43)ccc2c1. The second kappa shape index (κ2) is 7.77. The van der Waals surface area contributed by atoms with Gasteiger partial charge in [-0.1, -0.05) is 36.4 Å². The lowest BCUT2D eigenvalue weighted by Crippen LogP contribution is -2.27. The summed E-state index contributed by atoms with van der Waals surface area (Å²) in [7, 11) is 3.54. The van der Waals surface area contributed by atoms with Crippen molar-refractivity contribution in [3.8, 4) is 5.75 Å². The molecule has 1 amide bonds. The number of methoxy groups -OCH3 is 1.